The molecule has 0 amide bonds. The standard InChI is InChI=1S/C44H24N4O/c45-25-27-21-22-28(36(26-46)42(27)47-38-17-7-2-12-30(38)31-13-3-8-18-39(31)47)29-11-1-6-16-37(29)48-40-19-9-4-14-32(40)34-23-24-35-33-15-5-10-20-41(33)49-44(35)43(34)48/h1-24H. The van der Waals surface area contributed by atoms with Crippen molar-refractivity contribution in [1.82, 2.24) is 9.13 Å². The van der Waals surface area contributed by atoms with E-state index < -0.39 is 0 Å². The van der Waals surface area contributed by atoms with Crippen LogP contribution in [0.3, 0.4) is 0 Å². The summed E-state index contributed by atoms with van der Waals surface area (Å²) in [6.07, 6.45) is 0. The van der Waals surface area contributed by atoms with Crippen molar-refractivity contribution in [3.63, 3.8) is 0 Å². The lowest BCUT2D eigenvalue weighted by atomic mass is 9.94. The van der Waals surface area contributed by atoms with Crippen molar-refractivity contribution in [3.8, 4) is 34.6 Å². The number of nitriles is 2. The van der Waals surface area contributed by atoms with E-state index in [-0.39, 0.29) is 0 Å². The molecule has 0 aliphatic carbocycles. The van der Waals surface area contributed by atoms with E-state index in [1.54, 1.807) is 0 Å². The van der Waals surface area contributed by atoms with Gasteiger partial charge in [-0.25, -0.2) is 0 Å². The smallest absolute Gasteiger partial charge is 0.160 e. The normalized spacial score (nSPS) is 11.6. The molecule has 0 aliphatic rings. The Morgan fingerprint density at radius 2 is 1.02 bits per heavy atom. The van der Waals surface area contributed by atoms with Gasteiger partial charge in [0, 0.05) is 43.4 Å². The highest BCUT2D eigenvalue weighted by atomic mass is 16.3. The minimum atomic E-state index is 0.435. The fourth-order valence-electron chi connectivity index (χ4n) is 7.79. The molecule has 0 N–H and O–H groups in total. The summed E-state index contributed by atoms with van der Waals surface area (Å²) in [6, 6.07) is 54.1. The average molecular weight is 625 g/mol. The summed E-state index contributed by atoms with van der Waals surface area (Å²) in [4.78, 5) is 0. The summed E-state index contributed by atoms with van der Waals surface area (Å²) in [5.74, 6) is 0. The number of para-hydroxylation sites is 5. The molecule has 0 unspecified atom stereocenters. The molecule has 7 aromatic carbocycles. The Morgan fingerprint density at radius 3 is 1.71 bits per heavy atom. The van der Waals surface area contributed by atoms with Crippen LogP contribution in [0.5, 0.6) is 0 Å². The predicted molar refractivity (Wildman–Crippen MR) is 197 cm³/mol. The largest absolute Gasteiger partial charge is 0.454 e. The molecule has 0 atom stereocenters. The molecule has 10 rings (SSSR count). The number of hydrogen-bond donors (Lipinski definition) is 0. The summed E-state index contributed by atoms with van der Waals surface area (Å²) in [5.41, 5.74) is 9.53. The van der Waals surface area contributed by atoms with Crippen molar-refractivity contribution in [2.45, 2.75) is 0 Å². The van der Waals surface area contributed by atoms with E-state index in [0.717, 1.165) is 82.4 Å². The second kappa shape index (κ2) is 10.2. The number of hydrogen-bond acceptors (Lipinski definition) is 3. The molecule has 0 aliphatic heterocycles. The molecular weight excluding hydrogens is 601 g/mol. The van der Waals surface area contributed by atoms with E-state index in [2.05, 4.69) is 100 Å². The number of benzene rings is 7. The van der Waals surface area contributed by atoms with Gasteiger partial charge in [-0.1, -0.05) is 103 Å². The monoisotopic (exact) mass is 624 g/mol. The van der Waals surface area contributed by atoms with Crippen LogP contribution < -0.4 is 0 Å². The first kappa shape index (κ1) is 27.1. The Morgan fingerprint density at radius 1 is 0.449 bits per heavy atom. The number of fused-ring (bicyclic) bond motifs is 10. The van der Waals surface area contributed by atoms with Crippen LogP contribution in [-0.4, -0.2) is 9.13 Å². The van der Waals surface area contributed by atoms with Crippen molar-refractivity contribution in [2.24, 2.45) is 0 Å². The molecule has 0 bridgehead atoms. The molecular formula is C44H24N4O. The third-order valence-corrected chi connectivity index (χ3v) is 9.83. The number of rotatable bonds is 3. The Bertz CT molecular complexity index is 3030. The lowest BCUT2D eigenvalue weighted by Crippen LogP contribution is -2.04. The quantitative estimate of drug-likeness (QED) is 0.196. The average Bonchev–Trinajstić information content (AvgIpc) is 3.82. The SMILES string of the molecule is N#Cc1ccc(-c2ccccc2-n2c3ccccc3c3ccc4c5ccccc5oc4c32)c(C#N)c1-n1c2ccccc2c2ccccc21. The second-order valence-electron chi connectivity index (χ2n) is 12.3. The van der Waals surface area contributed by atoms with Crippen LogP contribution in [0, 0.1) is 22.7 Å². The molecule has 0 radical (unpaired) electrons. The Kier molecular flexibility index (Phi) is 5.64. The van der Waals surface area contributed by atoms with Gasteiger partial charge < -0.3 is 13.6 Å². The van der Waals surface area contributed by atoms with Gasteiger partial charge in [0.1, 0.15) is 17.7 Å². The van der Waals surface area contributed by atoms with Crippen molar-refractivity contribution in [3.05, 3.63) is 157 Å². The third kappa shape index (κ3) is 3.67. The van der Waals surface area contributed by atoms with E-state index in [4.69, 9.17) is 4.42 Å². The summed E-state index contributed by atoms with van der Waals surface area (Å²) in [6.45, 7) is 0. The number of furan rings is 1. The molecule has 3 heterocycles. The molecule has 5 heteroatoms. The Labute approximate surface area is 280 Å². The second-order valence-corrected chi connectivity index (χ2v) is 12.3. The first-order valence-electron chi connectivity index (χ1n) is 16.2. The Balaban J connectivity index is 1.33. The molecule has 10 aromatic rings. The zero-order valence-corrected chi connectivity index (χ0v) is 26.1. The maximum Gasteiger partial charge on any atom is 0.160 e. The van der Waals surface area contributed by atoms with Gasteiger partial charge in [0.25, 0.3) is 0 Å². The molecule has 0 saturated carbocycles. The highest BCUT2D eigenvalue weighted by Gasteiger charge is 2.24. The van der Waals surface area contributed by atoms with Crippen LogP contribution in [0.25, 0.3) is 88.1 Å². The van der Waals surface area contributed by atoms with Crippen LogP contribution in [0.1, 0.15) is 11.1 Å². The zero-order valence-electron chi connectivity index (χ0n) is 26.1. The maximum atomic E-state index is 11.0. The van der Waals surface area contributed by atoms with Gasteiger partial charge >= 0.3 is 0 Å². The van der Waals surface area contributed by atoms with Gasteiger partial charge in [-0.05, 0) is 42.5 Å². The van der Waals surface area contributed by atoms with E-state index in [0.29, 0.717) is 16.8 Å². The minimum absolute atomic E-state index is 0.435. The first-order chi connectivity index (χ1) is 24.3. The van der Waals surface area contributed by atoms with E-state index in [1.165, 1.54) is 0 Å². The fourth-order valence-corrected chi connectivity index (χ4v) is 7.79. The number of aromatic nitrogens is 2. The summed E-state index contributed by atoms with van der Waals surface area (Å²) < 4.78 is 11.0. The van der Waals surface area contributed by atoms with Gasteiger partial charge in [-0.2, -0.15) is 10.5 Å². The van der Waals surface area contributed by atoms with Crippen LogP contribution in [0.2, 0.25) is 0 Å². The molecule has 5 nitrogen and oxygen atoms in total. The van der Waals surface area contributed by atoms with Crippen LogP contribution in [0.4, 0.5) is 0 Å². The topological polar surface area (TPSA) is 70.6 Å². The molecule has 226 valence electrons. The first-order valence-corrected chi connectivity index (χ1v) is 16.2. The molecule has 3 aromatic heterocycles. The molecule has 49 heavy (non-hydrogen) atoms. The summed E-state index contributed by atoms with van der Waals surface area (Å²) in [5, 5.41) is 27.9. The van der Waals surface area contributed by atoms with Gasteiger partial charge in [0.05, 0.1) is 44.6 Å². The van der Waals surface area contributed by atoms with Crippen molar-refractivity contribution in [1.29, 1.82) is 10.5 Å². The highest BCUT2D eigenvalue weighted by molar-refractivity contribution is 6.21. The molecule has 0 saturated heterocycles. The zero-order chi connectivity index (χ0) is 32.6. The lowest BCUT2D eigenvalue weighted by Gasteiger charge is -2.18. The van der Waals surface area contributed by atoms with Gasteiger partial charge in [-0.3, -0.25) is 0 Å². The van der Waals surface area contributed by atoms with E-state index >= 15 is 0 Å². The van der Waals surface area contributed by atoms with Crippen molar-refractivity contribution >= 4 is 65.6 Å². The van der Waals surface area contributed by atoms with Gasteiger partial charge in [0.2, 0.25) is 0 Å². The summed E-state index contributed by atoms with van der Waals surface area (Å²) >= 11 is 0. The number of nitrogens with zero attached hydrogens (tertiary/aromatic N) is 4. The van der Waals surface area contributed by atoms with Crippen LogP contribution in [-0.2, 0) is 0 Å². The lowest BCUT2D eigenvalue weighted by molar-refractivity contribution is 0.671. The van der Waals surface area contributed by atoms with Crippen LogP contribution in [0.15, 0.2) is 150 Å². The highest BCUT2D eigenvalue weighted by Crippen LogP contribution is 2.43. The molecule has 0 fully saturated rings. The minimum Gasteiger partial charge on any atom is -0.454 e. The van der Waals surface area contributed by atoms with E-state index in [1.807, 2.05) is 66.7 Å². The Hall–Kier alpha value is -7.08. The molecule has 0 spiro atoms. The van der Waals surface area contributed by atoms with Crippen LogP contribution >= 0.6 is 0 Å². The summed E-state index contributed by atoms with van der Waals surface area (Å²) in [7, 11) is 0. The van der Waals surface area contributed by atoms with E-state index in [9.17, 15) is 10.5 Å². The fraction of sp³-hybridized carbons (Fsp3) is 0. The van der Waals surface area contributed by atoms with Crippen molar-refractivity contribution in [2.75, 3.05) is 0 Å². The van der Waals surface area contributed by atoms with Gasteiger partial charge in [-0.15, -0.1) is 0 Å². The maximum absolute atomic E-state index is 11.0. The third-order valence-electron chi connectivity index (χ3n) is 9.83. The van der Waals surface area contributed by atoms with Crippen molar-refractivity contribution < 1.29 is 4.42 Å². The van der Waals surface area contributed by atoms with Gasteiger partial charge in [0.15, 0.2) is 5.58 Å². The predicted octanol–water partition coefficient (Wildman–Crippen LogP) is 11.2.